The molecule has 18 heavy (non-hydrogen) atoms. The zero-order valence-electron chi connectivity index (χ0n) is 12.5. The largest absolute Gasteiger partial charge is 0.322 e. The number of nitrogens with one attached hydrogen (secondary N) is 1. The molecule has 1 N–H and O–H groups in total. The first kappa shape index (κ1) is 13.9. The van der Waals surface area contributed by atoms with E-state index in [0.717, 1.165) is 18.8 Å². The lowest BCUT2D eigenvalue weighted by Crippen LogP contribution is -2.46. The Morgan fingerprint density at radius 1 is 1.33 bits per heavy atom. The van der Waals surface area contributed by atoms with Crippen LogP contribution >= 0.6 is 0 Å². The van der Waals surface area contributed by atoms with Gasteiger partial charge in [-0.3, -0.25) is 10.1 Å². The Hall–Kier alpha value is -0.570. The molecule has 0 radical (unpaired) electrons. The maximum Gasteiger partial charge on any atom is 0.244 e. The van der Waals surface area contributed by atoms with E-state index in [9.17, 15) is 4.79 Å². The van der Waals surface area contributed by atoms with Crippen molar-refractivity contribution < 1.29 is 4.79 Å². The monoisotopic (exact) mass is 252 g/mol. The van der Waals surface area contributed by atoms with E-state index in [1.54, 1.807) is 0 Å². The molecule has 5 atom stereocenters. The molecule has 5 unspecified atom stereocenters. The molecule has 3 heteroatoms. The molecule has 1 heterocycles. The molecule has 2 rings (SSSR count). The summed E-state index contributed by atoms with van der Waals surface area (Å²) in [7, 11) is 0. The van der Waals surface area contributed by atoms with Crippen molar-refractivity contribution in [1.29, 1.82) is 0 Å². The van der Waals surface area contributed by atoms with Crippen LogP contribution < -0.4 is 5.32 Å². The van der Waals surface area contributed by atoms with Crippen molar-refractivity contribution >= 4 is 5.91 Å². The fourth-order valence-electron chi connectivity index (χ4n) is 3.59. The average molecular weight is 252 g/mol. The van der Waals surface area contributed by atoms with Crippen molar-refractivity contribution in [3.63, 3.8) is 0 Å². The van der Waals surface area contributed by atoms with Crippen LogP contribution in [-0.2, 0) is 4.79 Å². The Labute approximate surface area is 111 Å². The van der Waals surface area contributed by atoms with Crippen molar-refractivity contribution in [3.05, 3.63) is 0 Å². The number of hydrogen-bond donors (Lipinski definition) is 1. The normalized spacial score (nSPS) is 44.9. The van der Waals surface area contributed by atoms with E-state index in [1.165, 1.54) is 12.8 Å². The third kappa shape index (κ3) is 1.97. The van der Waals surface area contributed by atoms with Crippen LogP contribution in [0.3, 0.4) is 0 Å². The quantitative estimate of drug-likeness (QED) is 0.837. The number of carbonyl (C=O) groups is 1. The molecule has 1 aliphatic heterocycles. The van der Waals surface area contributed by atoms with Crippen LogP contribution in [0.25, 0.3) is 0 Å². The second kappa shape index (κ2) is 4.84. The molecular weight excluding hydrogens is 224 g/mol. The first-order chi connectivity index (χ1) is 8.44. The van der Waals surface area contributed by atoms with Gasteiger partial charge in [0, 0.05) is 6.04 Å². The molecule has 3 nitrogen and oxygen atoms in total. The highest BCUT2D eigenvalue weighted by molar-refractivity contribution is 5.88. The summed E-state index contributed by atoms with van der Waals surface area (Å²) < 4.78 is 0. The molecule has 2 fully saturated rings. The lowest BCUT2D eigenvalue weighted by Gasteiger charge is -2.33. The van der Waals surface area contributed by atoms with Gasteiger partial charge in [0.1, 0.15) is 0 Å². The molecule has 0 aromatic carbocycles. The van der Waals surface area contributed by atoms with E-state index in [2.05, 4.69) is 44.8 Å². The van der Waals surface area contributed by atoms with E-state index in [-0.39, 0.29) is 11.7 Å². The summed E-state index contributed by atoms with van der Waals surface area (Å²) in [4.78, 5) is 14.9. The van der Waals surface area contributed by atoms with Crippen LogP contribution in [0.15, 0.2) is 0 Å². The first-order valence-corrected chi connectivity index (χ1v) is 7.55. The SMILES string of the molecule is CCC1NC(C)(CC)C(=O)N1C1CCC(C)C1C. The molecule has 1 saturated carbocycles. The van der Waals surface area contributed by atoms with Crippen LogP contribution in [-0.4, -0.2) is 28.6 Å². The summed E-state index contributed by atoms with van der Waals surface area (Å²) in [5, 5.41) is 3.56. The van der Waals surface area contributed by atoms with E-state index < -0.39 is 0 Å². The van der Waals surface area contributed by atoms with Gasteiger partial charge in [0.2, 0.25) is 5.91 Å². The summed E-state index contributed by atoms with van der Waals surface area (Å²) in [6, 6.07) is 0.443. The van der Waals surface area contributed by atoms with Crippen molar-refractivity contribution in [3.8, 4) is 0 Å². The fraction of sp³-hybridized carbons (Fsp3) is 0.933. The molecule has 0 aromatic rings. The highest BCUT2D eigenvalue weighted by atomic mass is 16.2. The lowest BCUT2D eigenvalue weighted by molar-refractivity contribution is -0.135. The smallest absolute Gasteiger partial charge is 0.244 e. The number of nitrogens with zero attached hydrogens (tertiary/aromatic N) is 1. The molecule has 2 aliphatic rings. The van der Waals surface area contributed by atoms with E-state index in [0.29, 0.717) is 17.9 Å². The fourth-order valence-corrected chi connectivity index (χ4v) is 3.59. The maximum absolute atomic E-state index is 12.7. The van der Waals surface area contributed by atoms with Crippen molar-refractivity contribution in [2.45, 2.75) is 78.0 Å². The number of hydrogen-bond acceptors (Lipinski definition) is 2. The Kier molecular flexibility index (Phi) is 3.72. The zero-order valence-corrected chi connectivity index (χ0v) is 12.5. The molecule has 104 valence electrons. The second-order valence-corrected chi connectivity index (χ2v) is 6.45. The Morgan fingerprint density at radius 3 is 2.44 bits per heavy atom. The van der Waals surface area contributed by atoms with Gasteiger partial charge in [-0.25, -0.2) is 0 Å². The van der Waals surface area contributed by atoms with E-state index in [1.807, 2.05) is 0 Å². The number of carbonyl (C=O) groups excluding carboxylic acids is 1. The third-order valence-electron chi connectivity index (χ3n) is 5.40. The maximum atomic E-state index is 12.7. The first-order valence-electron chi connectivity index (χ1n) is 7.55. The summed E-state index contributed by atoms with van der Waals surface area (Å²) >= 11 is 0. The molecule has 0 aromatic heterocycles. The number of amides is 1. The summed E-state index contributed by atoms with van der Waals surface area (Å²) in [5.74, 6) is 1.69. The standard InChI is InChI=1S/C15H28N2O/c1-6-13-16-15(5,7-2)14(18)17(13)12-9-8-10(3)11(12)4/h10-13,16H,6-9H2,1-5H3. The summed E-state index contributed by atoms with van der Waals surface area (Å²) in [5.41, 5.74) is -0.341. The number of rotatable bonds is 3. The van der Waals surface area contributed by atoms with Gasteiger partial charge in [0.25, 0.3) is 0 Å². The third-order valence-corrected chi connectivity index (χ3v) is 5.40. The topological polar surface area (TPSA) is 32.3 Å². The van der Waals surface area contributed by atoms with Gasteiger partial charge in [-0.05, 0) is 44.4 Å². The second-order valence-electron chi connectivity index (χ2n) is 6.45. The minimum atomic E-state index is -0.341. The van der Waals surface area contributed by atoms with Crippen LogP contribution in [0.1, 0.15) is 60.3 Å². The van der Waals surface area contributed by atoms with Gasteiger partial charge in [0.15, 0.2) is 0 Å². The molecule has 1 aliphatic carbocycles. The highest BCUT2D eigenvalue weighted by Gasteiger charge is 2.50. The molecule has 1 amide bonds. The van der Waals surface area contributed by atoms with Gasteiger partial charge in [-0.1, -0.05) is 27.7 Å². The van der Waals surface area contributed by atoms with Crippen molar-refractivity contribution in [2.75, 3.05) is 0 Å². The van der Waals surface area contributed by atoms with Gasteiger partial charge < -0.3 is 4.90 Å². The minimum absolute atomic E-state index is 0.236. The predicted molar refractivity (Wildman–Crippen MR) is 74.1 cm³/mol. The Balaban J connectivity index is 2.23. The summed E-state index contributed by atoms with van der Waals surface area (Å²) in [6.45, 7) is 11.0. The van der Waals surface area contributed by atoms with Crippen LogP contribution in [0.4, 0.5) is 0 Å². The minimum Gasteiger partial charge on any atom is -0.322 e. The molecule has 1 saturated heterocycles. The van der Waals surface area contributed by atoms with Gasteiger partial charge in [0.05, 0.1) is 11.7 Å². The molecule has 0 bridgehead atoms. The van der Waals surface area contributed by atoms with Crippen LogP contribution in [0.5, 0.6) is 0 Å². The van der Waals surface area contributed by atoms with Crippen molar-refractivity contribution in [2.24, 2.45) is 11.8 Å². The van der Waals surface area contributed by atoms with Gasteiger partial charge in [-0.2, -0.15) is 0 Å². The highest BCUT2D eigenvalue weighted by Crippen LogP contribution is 2.39. The van der Waals surface area contributed by atoms with Gasteiger partial charge >= 0.3 is 0 Å². The lowest BCUT2D eigenvalue weighted by atomic mass is 9.95. The van der Waals surface area contributed by atoms with Crippen LogP contribution in [0.2, 0.25) is 0 Å². The Morgan fingerprint density at radius 2 is 2.00 bits per heavy atom. The van der Waals surface area contributed by atoms with E-state index in [4.69, 9.17) is 0 Å². The Bertz CT molecular complexity index is 330. The summed E-state index contributed by atoms with van der Waals surface area (Å²) in [6.07, 6.45) is 4.54. The average Bonchev–Trinajstić information content (AvgIpc) is 2.81. The predicted octanol–water partition coefficient (Wildman–Crippen LogP) is 2.76. The molecular formula is C15H28N2O. The van der Waals surface area contributed by atoms with Crippen molar-refractivity contribution in [1.82, 2.24) is 10.2 Å². The van der Waals surface area contributed by atoms with Gasteiger partial charge in [-0.15, -0.1) is 0 Å². The zero-order chi connectivity index (χ0) is 13.5. The van der Waals surface area contributed by atoms with E-state index >= 15 is 0 Å². The molecule has 0 spiro atoms. The van der Waals surface area contributed by atoms with Crippen LogP contribution in [0, 0.1) is 11.8 Å².